The molecule has 0 spiro atoms. The smallest absolute Gasteiger partial charge is 0.230 e. The zero-order chi connectivity index (χ0) is 17.9. The van der Waals surface area contributed by atoms with Gasteiger partial charge in [0.15, 0.2) is 0 Å². The normalized spacial score (nSPS) is 16.0. The van der Waals surface area contributed by atoms with Crippen LogP contribution in [-0.4, -0.2) is 47.0 Å². The van der Waals surface area contributed by atoms with Crippen molar-refractivity contribution in [1.82, 2.24) is 14.9 Å². The Labute approximate surface area is 157 Å². The molecule has 1 aliphatic heterocycles. The highest BCUT2D eigenvalue weighted by atomic mass is 32.1. The highest BCUT2D eigenvalue weighted by molar-refractivity contribution is 7.16. The molecule has 3 aromatic rings. The summed E-state index contributed by atoms with van der Waals surface area (Å²) in [7, 11) is 0. The summed E-state index contributed by atoms with van der Waals surface area (Å²) in [6, 6.07) is 12.2. The zero-order valence-corrected chi connectivity index (χ0v) is 15.7. The Morgan fingerprint density at radius 3 is 2.62 bits per heavy atom. The topological polar surface area (TPSA) is 49.3 Å². The molecule has 2 aromatic heterocycles. The summed E-state index contributed by atoms with van der Waals surface area (Å²) in [4.78, 5) is 27.1. The Balaban J connectivity index is 1.46. The number of nitrogens with zero attached hydrogens (tertiary/aromatic N) is 4. The number of fused-ring (bicyclic) bond motifs is 1. The molecule has 134 valence electrons. The Bertz CT molecular complexity index is 887. The molecule has 26 heavy (non-hydrogen) atoms. The maximum absolute atomic E-state index is 13.0. The fourth-order valence-electron chi connectivity index (χ4n) is 3.63. The number of aromatic nitrogens is 2. The summed E-state index contributed by atoms with van der Waals surface area (Å²) in [5, 5.41) is 3.15. The first-order chi connectivity index (χ1) is 12.8. The van der Waals surface area contributed by atoms with Crippen LogP contribution in [0.15, 0.2) is 48.1 Å². The van der Waals surface area contributed by atoms with E-state index in [0.717, 1.165) is 54.2 Å². The van der Waals surface area contributed by atoms with E-state index in [4.69, 9.17) is 0 Å². The fraction of sp³-hybridized carbons (Fsp3) is 0.350. The first-order valence-corrected chi connectivity index (χ1v) is 9.92. The monoisotopic (exact) mass is 366 g/mol. The molecule has 1 aliphatic rings. The Morgan fingerprint density at radius 2 is 1.88 bits per heavy atom. The Kier molecular flexibility index (Phi) is 4.84. The second-order valence-electron chi connectivity index (χ2n) is 6.52. The maximum atomic E-state index is 13.0. The highest BCUT2D eigenvalue weighted by Gasteiger charge is 2.28. The van der Waals surface area contributed by atoms with Crippen molar-refractivity contribution in [3.8, 4) is 0 Å². The lowest BCUT2D eigenvalue weighted by molar-refractivity contribution is -0.133. The van der Waals surface area contributed by atoms with E-state index in [1.54, 1.807) is 17.7 Å². The molecule has 1 atom stereocenters. The van der Waals surface area contributed by atoms with Gasteiger partial charge < -0.3 is 9.80 Å². The van der Waals surface area contributed by atoms with E-state index in [1.807, 2.05) is 28.5 Å². The van der Waals surface area contributed by atoms with Crippen LogP contribution in [0.3, 0.4) is 0 Å². The minimum absolute atomic E-state index is 0.0506. The van der Waals surface area contributed by atoms with Crippen molar-refractivity contribution < 1.29 is 4.79 Å². The molecule has 1 fully saturated rings. The molecule has 3 heterocycles. The van der Waals surface area contributed by atoms with Gasteiger partial charge in [0, 0.05) is 26.2 Å². The largest absolute Gasteiger partial charge is 0.352 e. The van der Waals surface area contributed by atoms with E-state index in [-0.39, 0.29) is 11.8 Å². The third-order valence-electron chi connectivity index (χ3n) is 5.04. The molecule has 6 heteroatoms. The number of hydrogen-bond acceptors (Lipinski definition) is 5. The van der Waals surface area contributed by atoms with Crippen molar-refractivity contribution in [2.24, 2.45) is 0 Å². The molecular formula is C20H22N4OS. The van der Waals surface area contributed by atoms with Gasteiger partial charge in [-0.1, -0.05) is 37.3 Å². The van der Waals surface area contributed by atoms with Crippen molar-refractivity contribution in [2.75, 3.05) is 31.1 Å². The molecule has 4 rings (SSSR count). The van der Waals surface area contributed by atoms with Crippen molar-refractivity contribution in [2.45, 2.75) is 19.3 Å². The number of piperazine rings is 1. The summed E-state index contributed by atoms with van der Waals surface area (Å²) in [6.07, 6.45) is 2.46. The number of carbonyl (C=O) groups is 1. The second-order valence-corrected chi connectivity index (χ2v) is 7.42. The first-order valence-electron chi connectivity index (χ1n) is 9.05. The number of hydrogen-bond donors (Lipinski definition) is 0. The number of amides is 1. The summed E-state index contributed by atoms with van der Waals surface area (Å²) < 4.78 is 0. The van der Waals surface area contributed by atoms with Gasteiger partial charge in [-0.25, -0.2) is 9.97 Å². The minimum Gasteiger partial charge on any atom is -0.352 e. The third kappa shape index (κ3) is 3.17. The second kappa shape index (κ2) is 7.41. The summed E-state index contributed by atoms with van der Waals surface area (Å²) in [5.41, 5.74) is 1.11. The first kappa shape index (κ1) is 17.0. The van der Waals surface area contributed by atoms with Crippen LogP contribution in [0.2, 0.25) is 0 Å². The van der Waals surface area contributed by atoms with Gasteiger partial charge in [0.25, 0.3) is 0 Å². The van der Waals surface area contributed by atoms with E-state index in [9.17, 15) is 4.79 Å². The molecular weight excluding hydrogens is 344 g/mol. The summed E-state index contributed by atoms with van der Waals surface area (Å²) in [5.74, 6) is 1.17. The van der Waals surface area contributed by atoms with Crippen LogP contribution < -0.4 is 4.90 Å². The number of anilines is 1. The van der Waals surface area contributed by atoms with Gasteiger partial charge in [-0.15, -0.1) is 11.3 Å². The van der Waals surface area contributed by atoms with Crippen LogP contribution in [0.25, 0.3) is 10.2 Å². The van der Waals surface area contributed by atoms with E-state index in [0.29, 0.717) is 0 Å². The van der Waals surface area contributed by atoms with Gasteiger partial charge in [0.1, 0.15) is 17.0 Å². The van der Waals surface area contributed by atoms with E-state index < -0.39 is 0 Å². The molecule has 0 radical (unpaired) electrons. The third-order valence-corrected chi connectivity index (χ3v) is 5.86. The van der Waals surface area contributed by atoms with Crippen molar-refractivity contribution in [3.05, 3.63) is 53.7 Å². The quantitative estimate of drug-likeness (QED) is 0.709. The van der Waals surface area contributed by atoms with E-state index in [2.05, 4.69) is 40.0 Å². The van der Waals surface area contributed by atoms with Crippen molar-refractivity contribution >= 4 is 33.3 Å². The van der Waals surface area contributed by atoms with Gasteiger partial charge in [0.05, 0.1) is 11.3 Å². The SMILES string of the molecule is CCC(C(=O)N1CCN(c2ncnc3sccc23)CC1)c1ccccc1. The molecule has 1 amide bonds. The zero-order valence-electron chi connectivity index (χ0n) is 14.8. The highest BCUT2D eigenvalue weighted by Crippen LogP contribution is 2.28. The average molecular weight is 366 g/mol. The predicted octanol–water partition coefficient (Wildman–Crippen LogP) is 3.53. The molecule has 0 saturated carbocycles. The summed E-state index contributed by atoms with van der Waals surface area (Å²) >= 11 is 1.63. The van der Waals surface area contributed by atoms with Crippen LogP contribution in [0.5, 0.6) is 0 Å². The summed E-state index contributed by atoms with van der Waals surface area (Å²) in [6.45, 7) is 5.16. The Hall–Kier alpha value is -2.47. The van der Waals surface area contributed by atoms with Gasteiger partial charge >= 0.3 is 0 Å². The number of carbonyl (C=O) groups excluding carboxylic acids is 1. The van der Waals surface area contributed by atoms with E-state index >= 15 is 0 Å². The lowest BCUT2D eigenvalue weighted by Crippen LogP contribution is -2.50. The van der Waals surface area contributed by atoms with Gasteiger partial charge in [-0.2, -0.15) is 0 Å². The molecule has 1 unspecified atom stereocenters. The molecule has 0 aliphatic carbocycles. The predicted molar refractivity (Wildman–Crippen MR) is 106 cm³/mol. The molecule has 5 nitrogen and oxygen atoms in total. The minimum atomic E-state index is -0.0506. The van der Waals surface area contributed by atoms with Crippen LogP contribution in [0, 0.1) is 0 Å². The van der Waals surface area contributed by atoms with Gasteiger partial charge in [-0.05, 0) is 23.4 Å². The lowest BCUT2D eigenvalue weighted by Gasteiger charge is -2.37. The van der Waals surface area contributed by atoms with Crippen LogP contribution >= 0.6 is 11.3 Å². The van der Waals surface area contributed by atoms with Crippen molar-refractivity contribution in [1.29, 1.82) is 0 Å². The average Bonchev–Trinajstić information content (AvgIpc) is 3.18. The standard InChI is InChI=1S/C20H22N4OS/c1-2-16(15-6-4-3-5-7-15)20(25)24-11-9-23(10-12-24)18-17-8-13-26-19(17)22-14-21-18/h3-8,13-14,16H,2,9-12H2,1H3. The number of thiophene rings is 1. The van der Waals surface area contributed by atoms with Crippen molar-refractivity contribution in [3.63, 3.8) is 0 Å². The molecule has 0 bridgehead atoms. The number of benzene rings is 1. The fourth-order valence-corrected chi connectivity index (χ4v) is 4.35. The number of rotatable bonds is 4. The van der Waals surface area contributed by atoms with Crippen LogP contribution in [0.1, 0.15) is 24.8 Å². The van der Waals surface area contributed by atoms with Gasteiger partial charge in [0.2, 0.25) is 5.91 Å². The molecule has 1 saturated heterocycles. The lowest BCUT2D eigenvalue weighted by atomic mass is 9.95. The van der Waals surface area contributed by atoms with Crippen LogP contribution in [-0.2, 0) is 4.79 Å². The Morgan fingerprint density at radius 1 is 1.12 bits per heavy atom. The van der Waals surface area contributed by atoms with Gasteiger partial charge in [-0.3, -0.25) is 4.79 Å². The molecule has 0 N–H and O–H groups in total. The van der Waals surface area contributed by atoms with E-state index in [1.165, 1.54) is 0 Å². The molecule has 1 aromatic carbocycles. The van der Waals surface area contributed by atoms with Crippen LogP contribution in [0.4, 0.5) is 5.82 Å². The maximum Gasteiger partial charge on any atom is 0.230 e.